The topological polar surface area (TPSA) is 60.9 Å². The molecule has 1 rings (SSSR count). The Labute approximate surface area is 126 Å². The van der Waals surface area contributed by atoms with Crippen molar-refractivity contribution < 1.29 is 14.7 Å². The van der Waals surface area contributed by atoms with Gasteiger partial charge < -0.3 is 14.9 Å². The third-order valence-electron chi connectivity index (χ3n) is 3.82. The molecule has 0 radical (unpaired) electrons. The van der Waals surface area contributed by atoms with Crippen molar-refractivity contribution in [1.29, 1.82) is 0 Å². The third-order valence-corrected chi connectivity index (χ3v) is 3.82. The molecule has 1 unspecified atom stereocenters. The molecule has 0 bridgehead atoms. The number of urea groups is 1. The second kappa shape index (κ2) is 7.11. The van der Waals surface area contributed by atoms with E-state index in [-0.39, 0.29) is 17.6 Å². The van der Waals surface area contributed by atoms with Crippen molar-refractivity contribution in [3.8, 4) is 0 Å². The third kappa shape index (κ3) is 4.48. The first-order valence-electron chi connectivity index (χ1n) is 7.04. The van der Waals surface area contributed by atoms with Crippen molar-refractivity contribution in [2.24, 2.45) is 5.92 Å². The van der Waals surface area contributed by atoms with Crippen LogP contribution in [0.1, 0.15) is 36.7 Å². The molecular weight excluding hydrogens is 268 g/mol. The van der Waals surface area contributed by atoms with Crippen molar-refractivity contribution in [3.63, 3.8) is 0 Å². The molecule has 21 heavy (non-hydrogen) atoms. The highest BCUT2D eigenvalue weighted by atomic mass is 16.4. The molecule has 0 saturated heterocycles. The first kappa shape index (κ1) is 17.0. The highest BCUT2D eigenvalue weighted by molar-refractivity contribution is 5.87. The van der Waals surface area contributed by atoms with Gasteiger partial charge in [0.15, 0.2) is 0 Å². The van der Waals surface area contributed by atoms with Crippen LogP contribution in [0, 0.1) is 5.92 Å². The molecule has 5 heteroatoms. The average molecular weight is 292 g/mol. The lowest BCUT2D eigenvalue weighted by atomic mass is 10.1. The van der Waals surface area contributed by atoms with Gasteiger partial charge in [0.2, 0.25) is 0 Å². The Hall–Kier alpha value is -2.04. The second-order valence-electron chi connectivity index (χ2n) is 5.74. The number of aromatic carboxylic acids is 1. The summed E-state index contributed by atoms with van der Waals surface area (Å²) in [6, 6.07) is 6.69. The van der Waals surface area contributed by atoms with Gasteiger partial charge in [0.05, 0.1) is 5.56 Å². The average Bonchev–Trinajstić information content (AvgIpc) is 2.45. The molecule has 0 heterocycles. The summed E-state index contributed by atoms with van der Waals surface area (Å²) in [5, 5.41) is 8.86. The number of carboxylic acids is 1. The maximum atomic E-state index is 12.3. The smallest absolute Gasteiger partial charge is 0.335 e. The lowest BCUT2D eigenvalue weighted by Gasteiger charge is -2.32. The van der Waals surface area contributed by atoms with Crippen LogP contribution in [0.25, 0.3) is 0 Å². The van der Waals surface area contributed by atoms with Gasteiger partial charge in [0.25, 0.3) is 0 Å². The predicted molar refractivity (Wildman–Crippen MR) is 82.3 cm³/mol. The van der Waals surface area contributed by atoms with E-state index in [1.54, 1.807) is 48.2 Å². The Kier molecular flexibility index (Phi) is 5.76. The summed E-state index contributed by atoms with van der Waals surface area (Å²) < 4.78 is 0. The number of benzene rings is 1. The van der Waals surface area contributed by atoms with Crippen LogP contribution in [0.15, 0.2) is 24.3 Å². The van der Waals surface area contributed by atoms with Gasteiger partial charge in [-0.05, 0) is 30.5 Å². The lowest BCUT2D eigenvalue weighted by Crippen LogP contribution is -2.44. The van der Waals surface area contributed by atoms with Gasteiger partial charge in [-0.2, -0.15) is 0 Å². The summed E-state index contributed by atoms with van der Waals surface area (Å²) >= 11 is 0. The molecule has 116 valence electrons. The summed E-state index contributed by atoms with van der Waals surface area (Å²) in [6.45, 7) is 6.64. The van der Waals surface area contributed by atoms with Crippen molar-refractivity contribution in [3.05, 3.63) is 35.4 Å². The molecule has 0 aliphatic carbocycles. The van der Waals surface area contributed by atoms with E-state index in [1.807, 2.05) is 6.92 Å². The molecule has 0 aliphatic rings. The number of nitrogens with zero attached hydrogens (tertiary/aromatic N) is 2. The Bertz CT molecular complexity index is 497. The SMILES string of the molecule is CC(C)C(C)N(C)C(=O)N(C)Cc1ccc(C(=O)O)cc1. The molecule has 0 spiro atoms. The molecule has 2 amide bonds. The summed E-state index contributed by atoms with van der Waals surface area (Å²) in [6.07, 6.45) is 0. The van der Waals surface area contributed by atoms with Gasteiger partial charge in [-0.1, -0.05) is 26.0 Å². The second-order valence-corrected chi connectivity index (χ2v) is 5.74. The lowest BCUT2D eigenvalue weighted by molar-refractivity contribution is 0.0696. The van der Waals surface area contributed by atoms with Crippen LogP contribution < -0.4 is 0 Å². The van der Waals surface area contributed by atoms with Crippen LogP contribution in [0.3, 0.4) is 0 Å². The molecule has 5 nitrogen and oxygen atoms in total. The molecule has 0 aromatic heterocycles. The van der Waals surface area contributed by atoms with Crippen molar-refractivity contribution >= 4 is 12.0 Å². The molecule has 0 saturated carbocycles. The molecule has 0 aliphatic heterocycles. The first-order valence-corrected chi connectivity index (χ1v) is 7.04. The molecule has 0 fully saturated rings. The van der Waals surface area contributed by atoms with Gasteiger partial charge in [-0.15, -0.1) is 0 Å². The first-order chi connectivity index (χ1) is 9.73. The zero-order chi connectivity index (χ0) is 16.2. The summed E-state index contributed by atoms with van der Waals surface area (Å²) in [7, 11) is 3.55. The Morgan fingerprint density at radius 2 is 1.62 bits per heavy atom. The van der Waals surface area contributed by atoms with Crippen LogP contribution in [-0.2, 0) is 6.54 Å². The summed E-state index contributed by atoms with van der Waals surface area (Å²) in [5.41, 5.74) is 1.15. The zero-order valence-corrected chi connectivity index (χ0v) is 13.3. The minimum absolute atomic E-state index is 0.0430. The fourth-order valence-corrected chi connectivity index (χ4v) is 1.98. The number of hydrogen-bond donors (Lipinski definition) is 1. The van der Waals surface area contributed by atoms with Crippen LogP contribution in [0.5, 0.6) is 0 Å². The monoisotopic (exact) mass is 292 g/mol. The minimum Gasteiger partial charge on any atom is -0.478 e. The molecule has 1 aromatic carbocycles. The number of rotatable bonds is 5. The van der Waals surface area contributed by atoms with E-state index in [2.05, 4.69) is 13.8 Å². The quantitative estimate of drug-likeness (QED) is 0.907. The molecule has 1 N–H and O–H groups in total. The Morgan fingerprint density at radius 3 is 2.05 bits per heavy atom. The largest absolute Gasteiger partial charge is 0.478 e. The Balaban J connectivity index is 2.69. The summed E-state index contributed by atoms with van der Waals surface area (Å²) in [5.74, 6) is -0.557. The maximum Gasteiger partial charge on any atom is 0.335 e. The van der Waals surface area contributed by atoms with E-state index in [0.29, 0.717) is 12.5 Å². The van der Waals surface area contributed by atoms with Crippen molar-refractivity contribution in [1.82, 2.24) is 9.80 Å². The van der Waals surface area contributed by atoms with E-state index in [9.17, 15) is 9.59 Å². The van der Waals surface area contributed by atoms with Gasteiger partial charge in [0.1, 0.15) is 0 Å². The predicted octanol–water partition coefficient (Wildman–Crippen LogP) is 2.91. The van der Waals surface area contributed by atoms with E-state index in [1.165, 1.54) is 0 Å². The van der Waals surface area contributed by atoms with E-state index in [0.717, 1.165) is 5.56 Å². The van der Waals surface area contributed by atoms with E-state index >= 15 is 0 Å². The number of carbonyl (C=O) groups excluding carboxylic acids is 1. The van der Waals surface area contributed by atoms with Gasteiger partial charge in [-0.25, -0.2) is 9.59 Å². The van der Waals surface area contributed by atoms with Crippen molar-refractivity contribution in [2.75, 3.05) is 14.1 Å². The number of amides is 2. The summed E-state index contributed by atoms with van der Waals surface area (Å²) in [4.78, 5) is 26.5. The van der Waals surface area contributed by atoms with E-state index in [4.69, 9.17) is 5.11 Å². The highest BCUT2D eigenvalue weighted by Gasteiger charge is 2.21. The molecule has 1 aromatic rings. The standard InChI is InChI=1S/C16H24N2O3/c1-11(2)12(3)18(5)16(21)17(4)10-13-6-8-14(9-7-13)15(19)20/h6-9,11-12H,10H2,1-5H3,(H,19,20). The van der Waals surface area contributed by atoms with Crippen LogP contribution in [0.2, 0.25) is 0 Å². The van der Waals surface area contributed by atoms with Crippen molar-refractivity contribution in [2.45, 2.75) is 33.4 Å². The fourth-order valence-electron chi connectivity index (χ4n) is 1.98. The number of carbonyl (C=O) groups is 2. The minimum atomic E-state index is -0.948. The maximum absolute atomic E-state index is 12.3. The van der Waals surface area contributed by atoms with Gasteiger partial charge >= 0.3 is 12.0 Å². The van der Waals surface area contributed by atoms with Crippen LogP contribution >= 0.6 is 0 Å². The number of hydrogen-bond acceptors (Lipinski definition) is 2. The highest BCUT2D eigenvalue weighted by Crippen LogP contribution is 2.12. The zero-order valence-electron chi connectivity index (χ0n) is 13.3. The van der Waals surface area contributed by atoms with Gasteiger partial charge in [0, 0.05) is 26.7 Å². The van der Waals surface area contributed by atoms with Crippen LogP contribution in [-0.4, -0.2) is 47.0 Å². The normalized spacial score (nSPS) is 12.1. The molecular formula is C16H24N2O3. The Morgan fingerprint density at radius 1 is 1.10 bits per heavy atom. The fraction of sp³-hybridized carbons (Fsp3) is 0.500. The van der Waals surface area contributed by atoms with Gasteiger partial charge in [-0.3, -0.25) is 0 Å². The molecule has 1 atom stereocenters. The van der Waals surface area contributed by atoms with Crippen LogP contribution in [0.4, 0.5) is 4.79 Å². The number of carboxylic acid groups (broad SMARTS) is 1. The van der Waals surface area contributed by atoms with E-state index < -0.39 is 5.97 Å².